The van der Waals surface area contributed by atoms with E-state index in [1.807, 2.05) is 0 Å². The van der Waals surface area contributed by atoms with Gasteiger partial charge in [0, 0.05) is 11.1 Å². The summed E-state index contributed by atoms with van der Waals surface area (Å²) in [4.78, 5) is 23.6. The second-order valence-electron chi connectivity index (χ2n) is 4.82. The highest BCUT2D eigenvalue weighted by Gasteiger charge is 2.19. The van der Waals surface area contributed by atoms with Crippen molar-refractivity contribution in [2.75, 3.05) is 12.4 Å². The Morgan fingerprint density at radius 3 is 2.61 bits per heavy atom. The first-order chi connectivity index (χ1) is 11.0. The highest BCUT2D eigenvalue weighted by Crippen LogP contribution is 2.20. The minimum Gasteiger partial charge on any atom is -0.469 e. The van der Waals surface area contributed by atoms with Crippen LogP contribution in [-0.2, 0) is 9.53 Å². The molecular formula is C15H16ClN3O4. The van der Waals surface area contributed by atoms with Crippen molar-refractivity contribution in [3.8, 4) is 0 Å². The molecule has 23 heavy (non-hydrogen) atoms. The van der Waals surface area contributed by atoms with Crippen LogP contribution in [0.15, 0.2) is 34.9 Å². The van der Waals surface area contributed by atoms with E-state index in [1.165, 1.54) is 7.11 Å². The number of hydrogen-bond acceptors (Lipinski definition) is 5. The first kappa shape index (κ1) is 16.8. The van der Waals surface area contributed by atoms with Gasteiger partial charge in [0.2, 0.25) is 5.88 Å². The third-order valence-corrected chi connectivity index (χ3v) is 3.29. The number of ether oxygens (including phenoxy) is 1. The van der Waals surface area contributed by atoms with E-state index in [9.17, 15) is 9.59 Å². The molecule has 0 aliphatic rings. The van der Waals surface area contributed by atoms with E-state index in [4.69, 9.17) is 16.1 Å². The molecule has 2 N–H and O–H groups in total. The van der Waals surface area contributed by atoms with Crippen LogP contribution >= 0.6 is 11.6 Å². The van der Waals surface area contributed by atoms with Crippen molar-refractivity contribution in [2.45, 2.75) is 19.4 Å². The lowest BCUT2D eigenvalue weighted by molar-refractivity contribution is -0.141. The van der Waals surface area contributed by atoms with Gasteiger partial charge in [-0.1, -0.05) is 28.9 Å². The summed E-state index contributed by atoms with van der Waals surface area (Å²) in [5.74, 6) is -0.228. The highest BCUT2D eigenvalue weighted by atomic mass is 35.5. The summed E-state index contributed by atoms with van der Waals surface area (Å²) in [5.41, 5.74) is 1.37. The number of carbonyl (C=O) groups is 2. The Labute approximate surface area is 137 Å². The van der Waals surface area contributed by atoms with Crippen LogP contribution in [0.5, 0.6) is 0 Å². The average Bonchev–Trinajstić information content (AvgIpc) is 2.92. The monoisotopic (exact) mass is 337 g/mol. The van der Waals surface area contributed by atoms with Gasteiger partial charge in [0.15, 0.2) is 0 Å². The maximum atomic E-state index is 12.1. The number of benzene rings is 1. The van der Waals surface area contributed by atoms with Crippen LogP contribution in [0.25, 0.3) is 0 Å². The van der Waals surface area contributed by atoms with Gasteiger partial charge >= 0.3 is 12.0 Å². The highest BCUT2D eigenvalue weighted by molar-refractivity contribution is 6.30. The number of halogens is 1. The number of esters is 1. The van der Waals surface area contributed by atoms with E-state index < -0.39 is 18.0 Å². The smallest absolute Gasteiger partial charge is 0.322 e. The molecule has 0 fully saturated rings. The Morgan fingerprint density at radius 2 is 2.04 bits per heavy atom. The molecule has 0 aliphatic heterocycles. The van der Waals surface area contributed by atoms with E-state index in [0.29, 0.717) is 10.7 Å². The fourth-order valence-corrected chi connectivity index (χ4v) is 2.05. The van der Waals surface area contributed by atoms with Crippen LogP contribution in [0, 0.1) is 6.92 Å². The molecule has 1 aromatic heterocycles. The lowest BCUT2D eigenvalue weighted by Crippen LogP contribution is -2.33. The molecule has 0 spiro atoms. The van der Waals surface area contributed by atoms with Crippen LogP contribution < -0.4 is 10.6 Å². The largest absolute Gasteiger partial charge is 0.469 e. The van der Waals surface area contributed by atoms with Crippen LogP contribution in [0.1, 0.15) is 23.7 Å². The molecule has 0 saturated carbocycles. The molecule has 1 unspecified atom stereocenters. The molecule has 0 bridgehead atoms. The van der Waals surface area contributed by atoms with Crippen molar-refractivity contribution < 1.29 is 18.8 Å². The Kier molecular flexibility index (Phi) is 5.59. The lowest BCUT2D eigenvalue weighted by atomic mass is 10.0. The Morgan fingerprint density at radius 1 is 1.35 bits per heavy atom. The maximum absolute atomic E-state index is 12.1. The fourth-order valence-electron chi connectivity index (χ4n) is 1.93. The molecule has 2 rings (SSSR count). The van der Waals surface area contributed by atoms with Gasteiger partial charge in [-0.2, -0.15) is 0 Å². The molecule has 0 saturated heterocycles. The Balaban J connectivity index is 2.08. The van der Waals surface area contributed by atoms with Gasteiger partial charge in [0.05, 0.1) is 25.3 Å². The van der Waals surface area contributed by atoms with Gasteiger partial charge in [-0.3, -0.25) is 10.1 Å². The number of urea groups is 1. The molecule has 8 heteroatoms. The molecule has 7 nitrogen and oxygen atoms in total. The number of nitrogens with one attached hydrogen (secondary N) is 2. The minimum atomic E-state index is -0.566. The van der Waals surface area contributed by atoms with Crippen molar-refractivity contribution in [2.24, 2.45) is 0 Å². The summed E-state index contributed by atoms with van der Waals surface area (Å²) in [5, 5.41) is 9.44. The van der Waals surface area contributed by atoms with Gasteiger partial charge in [-0.15, -0.1) is 0 Å². The summed E-state index contributed by atoms with van der Waals surface area (Å²) in [6.07, 6.45) is -0.0129. The van der Waals surface area contributed by atoms with Crippen LogP contribution in [0.2, 0.25) is 5.02 Å². The number of methoxy groups -OCH3 is 1. The number of anilines is 1. The molecule has 2 amide bonds. The topological polar surface area (TPSA) is 93.5 Å². The van der Waals surface area contributed by atoms with Crippen molar-refractivity contribution in [3.05, 3.63) is 46.6 Å². The molecular weight excluding hydrogens is 322 g/mol. The van der Waals surface area contributed by atoms with Crippen molar-refractivity contribution >= 4 is 29.5 Å². The third-order valence-electron chi connectivity index (χ3n) is 3.04. The van der Waals surface area contributed by atoms with Gasteiger partial charge in [-0.25, -0.2) is 4.79 Å². The first-order valence-electron chi connectivity index (χ1n) is 6.81. The average molecular weight is 338 g/mol. The van der Waals surface area contributed by atoms with E-state index in [-0.39, 0.29) is 12.3 Å². The second kappa shape index (κ2) is 7.64. The molecule has 122 valence electrons. The van der Waals surface area contributed by atoms with Gasteiger partial charge in [-0.05, 0) is 24.6 Å². The molecule has 1 aromatic carbocycles. The van der Waals surface area contributed by atoms with Crippen LogP contribution in [-0.4, -0.2) is 24.3 Å². The van der Waals surface area contributed by atoms with E-state index in [0.717, 1.165) is 5.56 Å². The molecule has 2 aromatic rings. The maximum Gasteiger partial charge on any atom is 0.322 e. The summed E-state index contributed by atoms with van der Waals surface area (Å²) >= 11 is 5.85. The molecule has 0 radical (unpaired) electrons. The Bertz CT molecular complexity index is 684. The van der Waals surface area contributed by atoms with Crippen LogP contribution in [0.3, 0.4) is 0 Å². The quantitative estimate of drug-likeness (QED) is 0.818. The number of rotatable bonds is 5. The van der Waals surface area contributed by atoms with E-state index in [1.54, 1.807) is 37.3 Å². The summed E-state index contributed by atoms with van der Waals surface area (Å²) in [6, 6.07) is 7.32. The lowest BCUT2D eigenvalue weighted by Gasteiger charge is -2.18. The zero-order chi connectivity index (χ0) is 16.8. The van der Waals surface area contributed by atoms with Gasteiger partial charge < -0.3 is 14.6 Å². The summed E-state index contributed by atoms with van der Waals surface area (Å²) in [7, 11) is 1.29. The molecule has 1 atom stereocenters. The SMILES string of the molecule is COC(=O)CC(NC(=O)Nc1cc(C)no1)c1ccc(Cl)cc1. The van der Waals surface area contributed by atoms with Gasteiger partial charge in [0.25, 0.3) is 0 Å². The number of amides is 2. The van der Waals surface area contributed by atoms with Crippen LogP contribution in [0.4, 0.5) is 10.7 Å². The zero-order valence-electron chi connectivity index (χ0n) is 12.6. The standard InChI is InChI=1S/C15H16ClN3O4/c1-9-7-13(23-19-9)18-15(21)17-12(8-14(20)22-2)10-3-5-11(16)6-4-10/h3-7,12H,8H2,1-2H3,(H2,17,18,21). The van der Waals surface area contributed by atoms with Crippen molar-refractivity contribution in [1.29, 1.82) is 0 Å². The van der Waals surface area contributed by atoms with E-state index in [2.05, 4.69) is 20.5 Å². The minimum absolute atomic E-state index is 0.0129. The summed E-state index contributed by atoms with van der Waals surface area (Å²) < 4.78 is 9.57. The number of nitrogens with zero attached hydrogens (tertiary/aromatic N) is 1. The zero-order valence-corrected chi connectivity index (χ0v) is 13.4. The Hall–Kier alpha value is -2.54. The van der Waals surface area contributed by atoms with Crippen molar-refractivity contribution in [1.82, 2.24) is 10.5 Å². The van der Waals surface area contributed by atoms with E-state index >= 15 is 0 Å². The number of carbonyl (C=O) groups excluding carboxylic acids is 2. The van der Waals surface area contributed by atoms with Crippen molar-refractivity contribution in [3.63, 3.8) is 0 Å². The summed E-state index contributed by atoms with van der Waals surface area (Å²) in [6.45, 7) is 1.74. The third kappa shape index (κ3) is 5.00. The second-order valence-corrected chi connectivity index (χ2v) is 5.25. The predicted octanol–water partition coefficient (Wildman–Crippen LogP) is 3.06. The number of aryl methyl sites for hydroxylation is 1. The molecule has 1 heterocycles. The predicted molar refractivity (Wildman–Crippen MR) is 84.2 cm³/mol. The first-order valence-corrected chi connectivity index (χ1v) is 7.19. The molecule has 0 aliphatic carbocycles. The number of hydrogen-bond donors (Lipinski definition) is 2. The normalized spacial score (nSPS) is 11.6. The fraction of sp³-hybridized carbons (Fsp3) is 0.267. The number of aromatic nitrogens is 1. The van der Waals surface area contributed by atoms with Gasteiger partial charge in [0.1, 0.15) is 0 Å².